The van der Waals surface area contributed by atoms with Gasteiger partial charge >= 0.3 is 0 Å². The van der Waals surface area contributed by atoms with Crippen molar-refractivity contribution >= 4 is 28.4 Å². The van der Waals surface area contributed by atoms with Gasteiger partial charge in [-0.2, -0.15) is 5.10 Å². The van der Waals surface area contributed by atoms with Crippen LogP contribution >= 0.6 is 0 Å². The maximum Gasteiger partial charge on any atom is 0.254 e. The standard InChI is InChI=1S/C19H15FN6O/c20-9-11-5-1-2-6-12(11)17-23-15-8-4-3-7-13(15)18(24-17)25-19-14(16(21)27)10-22-26-19/h1-8,10H,9H2,(H2,21,27)(H2,22,23,24,25,26). The molecule has 2 aromatic carbocycles. The third-order valence-electron chi connectivity index (χ3n) is 4.15. The number of fused-ring (bicyclic) bond motifs is 1. The van der Waals surface area contributed by atoms with Crippen molar-refractivity contribution in [2.24, 2.45) is 5.73 Å². The van der Waals surface area contributed by atoms with Crippen LogP contribution in [-0.2, 0) is 6.67 Å². The van der Waals surface area contributed by atoms with Gasteiger partial charge in [0.15, 0.2) is 5.82 Å². The Morgan fingerprint density at radius 3 is 2.70 bits per heavy atom. The predicted molar refractivity (Wildman–Crippen MR) is 100 cm³/mol. The van der Waals surface area contributed by atoms with Gasteiger partial charge in [-0.3, -0.25) is 9.89 Å². The fourth-order valence-corrected chi connectivity index (χ4v) is 2.83. The number of H-pyrrole nitrogens is 1. The lowest BCUT2D eigenvalue weighted by molar-refractivity contribution is 0.100. The Kier molecular flexibility index (Phi) is 4.21. The first-order valence-electron chi connectivity index (χ1n) is 8.18. The molecule has 0 saturated carbocycles. The number of hydrogen-bond donors (Lipinski definition) is 3. The first kappa shape index (κ1) is 16.6. The van der Waals surface area contributed by atoms with E-state index in [0.717, 1.165) is 5.39 Å². The van der Waals surface area contributed by atoms with E-state index < -0.39 is 12.6 Å². The first-order chi connectivity index (χ1) is 13.2. The minimum absolute atomic E-state index is 0.211. The average Bonchev–Trinajstić information content (AvgIpc) is 3.16. The Bertz CT molecular complexity index is 1140. The first-order valence-corrected chi connectivity index (χ1v) is 8.18. The summed E-state index contributed by atoms with van der Waals surface area (Å²) in [6.07, 6.45) is 1.34. The van der Waals surface area contributed by atoms with E-state index in [4.69, 9.17) is 5.73 Å². The zero-order valence-corrected chi connectivity index (χ0v) is 14.1. The second-order valence-corrected chi connectivity index (χ2v) is 5.85. The van der Waals surface area contributed by atoms with E-state index in [9.17, 15) is 9.18 Å². The van der Waals surface area contributed by atoms with Crippen LogP contribution in [0.4, 0.5) is 16.0 Å². The molecule has 134 valence electrons. The summed E-state index contributed by atoms with van der Waals surface area (Å²) in [5.41, 5.74) is 7.37. The highest BCUT2D eigenvalue weighted by Gasteiger charge is 2.16. The van der Waals surface area contributed by atoms with Crippen molar-refractivity contribution in [1.82, 2.24) is 20.2 Å². The Balaban J connectivity index is 1.89. The fourth-order valence-electron chi connectivity index (χ4n) is 2.83. The van der Waals surface area contributed by atoms with Gasteiger partial charge in [0, 0.05) is 10.9 Å². The molecule has 8 heteroatoms. The van der Waals surface area contributed by atoms with E-state index in [-0.39, 0.29) is 5.56 Å². The number of anilines is 2. The number of amides is 1. The number of carbonyl (C=O) groups is 1. The number of primary amides is 1. The summed E-state index contributed by atoms with van der Waals surface area (Å²) >= 11 is 0. The molecule has 7 nitrogen and oxygen atoms in total. The molecule has 4 aromatic rings. The van der Waals surface area contributed by atoms with Gasteiger partial charge in [-0.05, 0) is 17.7 Å². The number of nitrogens with two attached hydrogens (primary N) is 1. The van der Waals surface area contributed by atoms with Gasteiger partial charge in [-0.1, -0.05) is 36.4 Å². The van der Waals surface area contributed by atoms with Crippen LogP contribution in [0.5, 0.6) is 0 Å². The molecule has 0 fully saturated rings. The molecule has 0 unspecified atom stereocenters. The van der Waals surface area contributed by atoms with Crippen molar-refractivity contribution in [3.05, 3.63) is 65.9 Å². The Morgan fingerprint density at radius 2 is 1.89 bits per heavy atom. The number of para-hydroxylation sites is 1. The lowest BCUT2D eigenvalue weighted by Gasteiger charge is -2.12. The molecule has 2 heterocycles. The van der Waals surface area contributed by atoms with Gasteiger partial charge in [0.05, 0.1) is 11.7 Å². The van der Waals surface area contributed by atoms with Gasteiger partial charge in [0.25, 0.3) is 5.91 Å². The molecule has 0 radical (unpaired) electrons. The fraction of sp³-hybridized carbons (Fsp3) is 0.0526. The highest BCUT2D eigenvalue weighted by Crippen LogP contribution is 2.29. The molecule has 0 spiro atoms. The lowest BCUT2D eigenvalue weighted by atomic mass is 10.1. The van der Waals surface area contributed by atoms with Crippen molar-refractivity contribution in [3.8, 4) is 11.4 Å². The lowest BCUT2D eigenvalue weighted by Crippen LogP contribution is -2.12. The summed E-state index contributed by atoms with van der Waals surface area (Å²) in [5.74, 6) is 0.546. The summed E-state index contributed by atoms with van der Waals surface area (Å²) in [4.78, 5) is 20.7. The number of hydrogen-bond acceptors (Lipinski definition) is 5. The van der Waals surface area contributed by atoms with E-state index in [0.29, 0.717) is 34.1 Å². The summed E-state index contributed by atoms with van der Waals surface area (Å²) < 4.78 is 13.4. The molecule has 0 bridgehead atoms. The second kappa shape index (κ2) is 6.83. The van der Waals surface area contributed by atoms with Gasteiger partial charge in [-0.25, -0.2) is 14.4 Å². The van der Waals surface area contributed by atoms with Gasteiger partial charge < -0.3 is 11.1 Å². The van der Waals surface area contributed by atoms with E-state index in [1.165, 1.54) is 6.20 Å². The third-order valence-corrected chi connectivity index (χ3v) is 4.15. The number of nitrogens with one attached hydrogen (secondary N) is 2. The number of nitrogens with zero attached hydrogens (tertiary/aromatic N) is 3. The topological polar surface area (TPSA) is 110 Å². The number of benzene rings is 2. The summed E-state index contributed by atoms with van der Waals surface area (Å²) in [7, 11) is 0. The molecular formula is C19H15FN6O. The molecule has 0 aliphatic heterocycles. The minimum Gasteiger partial charge on any atom is -0.365 e. The van der Waals surface area contributed by atoms with Crippen LogP contribution in [0, 0.1) is 0 Å². The van der Waals surface area contributed by atoms with Crippen LogP contribution in [0.25, 0.3) is 22.3 Å². The van der Waals surface area contributed by atoms with E-state index in [2.05, 4.69) is 25.5 Å². The van der Waals surface area contributed by atoms with Crippen LogP contribution in [-0.4, -0.2) is 26.1 Å². The molecule has 0 aliphatic rings. The minimum atomic E-state index is -0.624. The Labute approximate surface area is 153 Å². The van der Waals surface area contributed by atoms with Crippen LogP contribution in [0.3, 0.4) is 0 Å². The Hall–Kier alpha value is -3.81. The molecule has 2 aromatic heterocycles. The molecule has 0 atom stereocenters. The van der Waals surface area contributed by atoms with Crippen molar-refractivity contribution in [3.63, 3.8) is 0 Å². The van der Waals surface area contributed by atoms with Crippen molar-refractivity contribution in [2.75, 3.05) is 5.32 Å². The van der Waals surface area contributed by atoms with Gasteiger partial charge in [-0.15, -0.1) is 0 Å². The highest BCUT2D eigenvalue weighted by molar-refractivity contribution is 5.99. The molecule has 0 saturated heterocycles. The number of carbonyl (C=O) groups excluding carboxylic acids is 1. The second-order valence-electron chi connectivity index (χ2n) is 5.85. The summed E-state index contributed by atoms with van der Waals surface area (Å²) in [6, 6.07) is 14.4. The zero-order valence-electron chi connectivity index (χ0n) is 14.1. The smallest absolute Gasteiger partial charge is 0.254 e. The van der Waals surface area contributed by atoms with Crippen LogP contribution < -0.4 is 11.1 Å². The number of aromatic amines is 1. The van der Waals surface area contributed by atoms with Crippen LogP contribution in [0.1, 0.15) is 15.9 Å². The van der Waals surface area contributed by atoms with E-state index in [1.54, 1.807) is 24.3 Å². The molecule has 0 aliphatic carbocycles. The summed E-state index contributed by atoms with van der Waals surface area (Å²) in [5, 5.41) is 10.3. The number of alkyl halides is 1. The predicted octanol–water partition coefficient (Wildman–Crippen LogP) is 3.33. The van der Waals surface area contributed by atoms with E-state index >= 15 is 0 Å². The van der Waals surface area contributed by atoms with Crippen molar-refractivity contribution in [2.45, 2.75) is 6.67 Å². The number of rotatable bonds is 5. The maximum absolute atomic E-state index is 13.4. The monoisotopic (exact) mass is 362 g/mol. The maximum atomic E-state index is 13.4. The van der Waals surface area contributed by atoms with Gasteiger partial charge in [0.1, 0.15) is 23.9 Å². The zero-order chi connectivity index (χ0) is 18.8. The highest BCUT2D eigenvalue weighted by atomic mass is 19.1. The van der Waals surface area contributed by atoms with Gasteiger partial charge in [0.2, 0.25) is 0 Å². The third kappa shape index (κ3) is 3.08. The molecule has 27 heavy (non-hydrogen) atoms. The largest absolute Gasteiger partial charge is 0.365 e. The SMILES string of the molecule is NC(=O)c1cn[nH]c1Nc1nc(-c2ccccc2CF)nc2ccccc12. The quantitative estimate of drug-likeness (QED) is 0.504. The van der Waals surface area contributed by atoms with Crippen molar-refractivity contribution < 1.29 is 9.18 Å². The number of aromatic nitrogens is 4. The summed E-state index contributed by atoms with van der Waals surface area (Å²) in [6.45, 7) is -0.624. The molecule has 1 amide bonds. The number of halogens is 1. The van der Waals surface area contributed by atoms with Crippen LogP contribution in [0.15, 0.2) is 54.7 Å². The van der Waals surface area contributed by atoms with E-state index in [1.807, 2.05) is 24.3 Å². The molecule has 4 rings (SSSR count). The van der Waals surface area contributed by atoms with Crippen LogP contribution in [0.2, 0.25) is 0 Å². The normalized spacial score (nSPS) is 10.9. The average molecular weight is 362 g/mol. The molecule has 4 N–H and O–H groups in total. The van der Waals surface area contributed by atoms with Crippen molar-refractivity contribution in [1.29, 1.82) is 0 Å². The Morgan fingerprint density at radius 1 is 1.11 bits per heavy atom. The molecular weight excluding hydrogens is 347 g/mol.